The van der Waals surface area contributed by atoms with E-state index in [4.69, 9.17) is 11.6 Å². The SMILES string of the molecule is CC(=O)Nc1ccc(NC(=O)CNC(=O)c2ccc(-c3ccccc3)cc2)cc1Cl. The topological polar surface area (TPSA) is 87.3 Å². The van der Waals surface area contributed by atoms with Crippen LogP contribution in [0.4, 0.5) is 11.4 Å². The van der Waals surface area contributed by atoms with E-state index in [1.807, 2.05) is 42.5 Å². The number of carbonyl (C=O) groups excluding carboxylic acids is 3. The second kappa shape index (κ2) is 9.71. The molecule has 0 aliphatic heterocycles. The Labute approximate surface area is 179 Å². The van der Waals surface area contributed by atoms with Gasteiger partial charge in [0.05, 0.1) is 17.3 Å². The third-order valence-electron chi connectivity index (χ3n) is 4.23. The van der Waals surface area contributed by atoms with E-state index in [9.17, 15) is 14.4 Å². The molecule has 7 heteroatoms. The van der Waals surface area contributed by atoms with E-state index >= 15 is 0 Å². The zero-order valence-corrected chi connectivity index (χ0v) is 17.0. The number of amides is 3. The van der Waals surface area contributed by atoms with Crippen LogP contribution in [0.2, 0.25) is 5.02 Å². The summed E-state index contributed by atoms with van der Waals surface area (Å²) in [4.78, 5) is 35.5. The van der Waals surface area contributed by atoms with Crippen LogP contribution in [-0.4, -0.2) is 24.3 Å². The third kappa shape index (κ3) is 5.68. The molecular formula is C23H20ClN3O3. The molecular weight excluding hydrogens is 402 g/mol. The van der Waals surface area contributed by atoms with Gasteiger partial charge >= 0.3 is 0 Å². The maximum Gasteiger partial charge on any atom is 0.251 e. The van der Waals surface area contributed by atoms with Crippen molar-refractivity contribution in [3.05, 3.63) is 83.4 Å². The van der Waals surface area contributed by atoms with Gasteiger partial charge in [-0.1, -0.05) is 54.1 Å². The van der Waals surface area contributed by atoms with E-state index in [0.717, 1.165) is 11.1 Å². The van der Waals surface area contributed by atoms with Gasteiger partial charge in [-0.05, 0) is 41.5 Å². The molecule has 0 radical (unpaired) electrons. The Morgan fingerprint density at radius 1 is 0.833 bits per heavy atom. The van der Waals surface area contributed by atoms with Crippen molar-refractivity contribution in [3.63, 3.8) is 0 Å². The quantitative estimate of drug-likeness (QED) is 0.553. The molecule has 0 heterocycles. The number of nitrogens with one attached hydrogen (secondary N) is 3. The van der Waals surface area contributed by atoms with E-state index in [0.29, 0.717) is 22.0 Å². The summed E-state index contributed by atoms with van der Waals surface area (Å²) < 4.78 is 0. The van der Waals surface area contributed by atoms with Crippen LogP contribution in [0.15, 0.2) is 72.8 Å². The molecule has 0 aliphatic carbocycles. The number of rotatable bonds is 6. The lowest BCUT2D eigenvalue weighted by Crippen LogP contribution is -2.32. The predicted octanol–water partition coefficient (Wildman–Crippen LogP) is 4.33. The van der Waals surface area contributed by atoms with Gasteiger partial charge in [0.2, 0.25) is 11.8 Å². The van der Waals surface area contributed by atoms with Crippen molar-refractivity contribution in [1.82, 2.24) is 5.32 Å². The molecule has 0 aromatic heterocycles. The fraction of sp³-hybridized carbons (Fsp3) is 0.0870. The number of anilines is 2. The highest BCUT2D eigenvalue weighted by atomic mass is 35.5. The summed E-state index contributed by atoms with van der Waals surface area (Å²) in [6.45, 7) is 1.19. The highest BCUT2D eigenvalue weighted by Gasteiger charge is 2.10. The summed E-state index contributed by atoms with van der Waals surface area (Å²) >= 11 is 6.09. The van der Waals surface area contributed by atoms with Crippen LogP contribution in [0.1, 0.15) is 17.3 Å². The lowest BCUT2D eigenvalue weighted by molar-refractivity contribution is -0.115. The van der Waals surface area contributed by atoms with E-state index in [-0.39, 0.29) is 18.4 Å². The van der Waals surface area contributed by atoms with Crippen LogP contribution in [0, 0.1) is 0 Å². The van der Waals surface area contributed by atoms with Gasteiger partial charge in [-0.2, -0.15) is 0 Å². The van der Waals surface area contributed by atoms with Crippen LogP contribution in [-0.2, 0) is 9.59 Å². The van der Waals surface area contributed by atoms with Crippen molar-refractivity contribution >= 4 is 40.7 Å². The number of hydrogen-bond donors (Lipinski definition) is 3. The van der Waals surface area contributed by atoms with Gasteiger partial charge in [0, 0.05) is 18.2 Å². The molecule has 0 unspecified atom stereocenters. The van der Waals surface area contributed by atoms with Gasteiger partial charge in [0.1, 0.15) is 0 Å². The molecule has 0 spiro atoms. The molecule has 30 heavy (non-hydrogen) atoms. The summed E-state index contributed by atoms with van der Waals surface area (Å²) in [7, 11) is 0. The number of halogens is 1. The zero-order valence-electron chi connectivity index (χ0n) is 16.2. The molecule has 3 amide bonds. The lowest BCUT2D eigenvalue weighted by Gasteiger charge is -2.10. The summed E-state index contributed by atoms with van der Waals surface area (Å²) in [5.41, 5.74) is 3.44. The fourth-order valence-corrected chi connectivity index (χ4v) is 3.02. The monoisotopic (exact) mass is 421 g/mol. The second-order valence-electron chi connectivity index (χ2n) is 6.55. The fourth-order valence-electron chi connectivity index (χ4n) is 2.80. The average Bonchev–Trinajstić information content (AvgIpc) is 2.74. The Morgan fingerprint density at radius 2 is 1.50 bits per heavy atom. The van der Waals surface area contributed by atoms with E-state index < -0.39 is 5.91 Å². The number of carbonyl (C=O) groups is 3. The first-order chi connectivity index (χ1) is 14.4. The Balaban J connectivity index is 1.54. The predicted molar refractivity (Wildman–Crippen MR) is 119 cm³/mol. The molecule has 3 N–H and O–H groups in total. The van der Waals surface area contributed by atoms with Gasteiger partial charge in [0.25, 0.3) is 5.91 Å². The Kier molecular flexibility index (Phi) is 6.83. The van der Waals surface area contributed by atoms with Crippen molar-refractivity contribution in [1.29, 1.82) is 0 Å². The minimum Gasteiger partial charge on any atom is -0.343 e. The molecule has 0 saturated heterocycles. The molecule has 0 fully saturated rings. The third-order valence-corrected chi connectivity index (χ3v) is 4.54. The molecule has 152 valence electrons. The number of benzene rings is 3. The molecule has 3 rings (SSSR count). The van der Waals surface area contributed by atoms with Crippen LogP contribution < -0.4 is 16.0 Å². The lowest BCUT2D eigenvalue weighted by atomic mass is 10.0. The van der Waals surface area contributed by atoms with Crippen molar-refractivity contribution < 1.29 is 14.4 Å². The maximum atomic E-state index is 12.3. The van der Waals surface area contributed by atoms with Crippen molar-refractivity contribution in [2.24, 2.45) is 0 Å². The largest absolute Gasteiger partial charge is 0.343 e. The maximum absolute atomic E-state index is 12.3. The minimum atomic E-state index is -0.396. The standard InChI is InChI=1S/C23H20ClN3O3/c1-15(28)26-21-12-11-19(13-20(21)24)27-22(29)14-25-23(30)18-9-7-17(8-10-18)16-5-3-2-4-6-16/h2-13H,14H2,1H3,(H,25,30)(H,26,28)(H,27,29). The molecule has 0 saturated carbocycles. The summed E-state index contributed by atoms with van der Waals surface area (Å²) in [5.74, 6) is -0.982. The first-order valence-electron chi connectivity index (χ1n) is 9.23. The smallest absolute Gasteiger partial charge is 0.251 e. The van der Waals surface area contributed by atoms with Crippen molar-refractivity contribution in [3.8, 4) is 11.1 Å². The zero-order chi connectivity index (χ0) is 21.5. The summed E-state index contributed by atoms with van der Waals surface area (Å²) in [6.07, 6.45) is 0. The van der Waals surface area contributed by atoms with Crippen LogP contribution in [0.3, 0.4) is 0 Å². The van der Waals surface area contributed by atoms with Gasteiger partial charge in [-0.25, -0.2) is 0 Å². The highest BCUT2D eigenvalue weighted by Crippen LogP contribution is 2.25. The average molecular weight is 422 g/mol. The molecule has 6 nitrogen and oxygen atoms in total. The van der Waals surface area contributed by atoms with Crippen LogP contribution in [0.5, 0.6) is 0 Å². The van der Waals surface area contributed by atoms with Gasteiger partial charge < -0.3 is 16.0 Å². The Hall–Kier alpha value is -3.64. The van der Waals surface area contributed by atoms with Gasteiger partial charge in [-0.15, -0.1) is 0 Å². The molecule has 0 bridgehead atoms. The van der Waals surface area contributed by atoms with E-state index in [2.05, 4.69) is 16.0 Å². The second-order valence-corrected chi connectivity index (χ2v) is 6.96. The highest BCUT2D eigenvalue weighted by molar-refractivity contribution is 6.34. The van der Waals surface area contributed by atoms with Gasteiger partial charge in [-0.3, -0.25) is 14.4 Å². The first-order valence-corrected chi connectivity index (χ1v) is 9.61. The van der Waals surface area contributed by atoms with Crippen LogP contribution in [0.25, 0.3) is 11.1 Å². The minimum absolute atomic E-state index is 0.190. The van der Waals surface area contributed by atoms with E-state index in [1.54, 1.807) is 24.3 Å². The van der Waals surface area contributed by atoms with Crippen LogP contribution >= 0.6 is 11.6 Å². The summed E-state index contributed by atoms with van der Waals surface area (Å²) in [6, 6.07) is 21.7. The summed E-state index contributed by atoms with van der Waals surface area (Å²) in [5, 5.41) is 8.12. The van der Waals surface area contributed by atoms with Crippen molar-refractivity contribution in [2.45, 2.75) is 6.92 Å². The van der Waals surface area contributed by atoms with E-state index in [1.165, 1.54) is 13.0 Å². The Morgan fingerprint density at radius 3 is 2.13 bits per heavy atom. The Bertz CT molecular complexity index is 1070. The first kappa shape index (κ1) is 21.1. The molecule has 3 aromatic rings. The van der Waals surface area contributed by atoms with Gasteiger partial charge in [0.15, 0.2) is 0 Å². The molecule has 0 atom stereocenters. The van der Waals surface area contributed by atoms with Crippen molar-refractivity contribution in [2.75, 3.05) is 17.2 Å². The number of hydrogen-bond acceptors (Lipinski definition) is 3. The molecule has 3 aromatic carbocycles. The normalized spacial score (nSPS) is 10.2. The molecule has 0 aliphatic rings.